The van der Waals surface area contributed by atoms with Gasteiger partial charge in [0.15, 0.2) is 6.61 Å². The van der Waals surface area contributed by atoms with Crippen LogP contribution >= 0.6 is 0 Å². The highest BCUT2D eigenvalue weighted by molar-refractivity contribution is 5.79. The number of para-hydroxylation sites is 1. The van der Waals surface area contributed by atoms with Crippen LogP contribution in [0.5, 0.6) is 11.5 Å². The van der Waals surface area contributed by atoms with Crippen molar-refractivity contribution in [3.63, 3.8) is 0 Å². The van der Waals surface area contributed by atoms with Gasteiger partial charge in [0, 0.05) is 33.1 Å². The third-order valence-corrected chi connectivity index (χ3v) is 7.60. The number of likely N-dealkylation sites (tertiary alicyclic amines) is 1. The average molecular weight is 511 g/mol. The fraction of sp³-hybridized carbons (Fsp3) is 0.517. The van der Waals surface area contributed by atoms with Crippen molar-refractivity contribution in [2.24, 2.45) is 5.41 Å². The lowest BCUT2D eigenvalue weighted by Gasteiger charge is -2.45. The van der Waals surface area contributed by atoms with Crippen molar-refractivity contribution < 1.29 is 29.3 Å². The van der Waals surface area contributed by atoms with Gasteiger partial charge < -0.3 is 29.5 Å². The number of benzene rings is 2. The number of carbonyl (C=O) groups excluding carboxylic acids is 2. The Kier molecular flexibility index (Phi) is 8.71. The minimum absolute atomic E-state index is 0.0576. The van der Waals surface area contributed by atoms with Crippen molar-refractivity contribution in [3.05, 3.63) is 59.7 Å². The number of amides is 2. The lowest BCUT2D eigenvalue weighted by molar-refractivity contribution is -0.138. The Labute approximate surface area is 218 Å². The van der Waals surface area contributed by atoms with E-state index in [-0.39, 0.29) is 24.8 Å². The number of fused-ring (bicyclic) bond motifs is 1. The first kappa shape index (κ1) is 26.9. The Balaban J connectivity index is 1.43. The number of rotatable bonds is 4. The second kappa shape index (κ2) is 12.0. The first-order chi connectivity index (χ1) is 17.8. The molecule has 0 unspecified atom stereocenters. The van der Waals surface area contributed by atoms with E-state index >= 15 is 0 Å². The van der Waals surface area contributed by atoms with Gasteiger partial charge in [0.25, 0.3) is 5.91 Å². The van der Waals surface area contributed by atoms with Gasteiger partial charge in [-0.1, -0.05) is 30.3 Å². The minimum atomic E-state index is -0.957. The van der Waals surface area contributed by atoms with Crippen LogP contribution in [0.15, 0.2) is 48.5 Å². The maximum atomic E-state index is 13.0. The second-order valence-corrected chi connectivity index (χ2v) is 10.3. The number of hydrogen-bond donors (Lipinski definition) is 2. The zero-order chi connectivity index (χ0) is 26.4. The largest absolute Gasteiger partial charge is 0.494 e. The molecule has 4 rings (SSSR count). The topological polar surface area (TPSA) is 99.5 Å². The predicted molar refractivity (Wildman–Crippen MR) is 139 cm³/mol. The minimum Gasteiger partial charge on any atom is -0.494 e. The first-order valence-electron chi connectivity index (χ1n) is 13.1. The molecule has 2 aliphatic heterocycles. The molecule has 2 atom stereocenters. The molecule has 0 radical (unpaired) electrons. The average Bonchev–Trinajstić information content (AvgIpc) is 2.89. The number of nitrogens with zero attached hydrogens (tertiary/aromatic N) is 2. The maximum absolute atomic E-state index is 13.0. The molecule has 0 aliphatic carbocycles. The molecule has 1 saturated heterocycles. The van der Waals surface area contributed by atoms with Crippen molar-refractivity contribution in [3.8, 4) is 11.5 Å². The van der Waals surface area contributed by atoms with E-state index in [4.69, 9.17) is 9.47 Å². The molecule has 1 spiro atoms. The quantitative estimate of drug-likeness (QED) is 0.656. The third kappa shape index (κ3) is 6.81. The number of aliphatic hydroxyl groups excluding tert-OH is 2. The number of hydrogen-bond acceptors (Lipinski definition) is 6. The Hall–Kier alpha value is -3.10. The van der Waals surface area contributed by atoms with E-state index in [1.165, 1.54) is 0 Å². The van der Waals surface area contributed by atoms with Gasteiger partial charge in [0.1, 0.15) is 11.5 Å². The van der Waals surface area contributed by atoms with E-state index in [0.29, 0.717) is 57.7 Å². The molecule has 2 heterocycles. The lowest BCUT2D eigenvalue weighted by Crippen LogP contribution is -2.51. The van der Waals surface area contributed by atoms with Crippen molar-refractivity contribution >= 4 is 11.8 Å². The van der Waals surface area contributed by atoms with Gasteiger partial charge >= 0.3 is 0 Å². The molecular weight excluding hydrogens is 472 g/mol. The van der Waals surface area contributed by atoms with Crippen LogP contribution in [0.3, 0.4) is 0 Å². The van der Waals surface area contributed by atoms with E-state index in [2.05, 4.69) is 0 Å². The standard InChI is InChI=1S/C29H38N2O6/c1-3-36-23-10-8-21(9-11-23)16-27(34)31-14-12-29(13-15-31)18-25(33)24(32)17-22-6-4-5-7-26(22)37-19-28(35)30(2)20-29/h4-11,24-25,32-33H,3,12-20H2,1-2H3/t24-,25+/m0/s1. The summed E-state index contributed by atoms with van der Waals surface area (Å²) >= 11 is 0. The van der Waals surface area contributed by atoms with Crippen LogP contribution in [0.25, 0.3) is 0 Å². The number of piperidine rings is 1. The van der Waals surface area contributed by atoms with Gasteiger partial charge in [0.2, 0.25) is 5.91 Å². The second-order valence-electron chi connectivity index (χ2n) is 10.3. The number of aliphatic hydroxyl groups is 2. The molecule has 2 N–H and O–H groups in total. The molecule has 0 saturated carbocycles. The van der Waals surface area contributed by atoms with Crippen LogP contribution in [0.2, 0.25) is 0 Å². The highest BCUT2D eigenvalue weighted by Crippen LogP contribution is 2.38. The van der Waals surface area contributed by atoms with Gasteiger partial charge in [-0.3, -0.25) is 9.59 Å². The van der Waals surface area contributed by atoms with E-state index in [0.717, 1.165) is 16.9 Å². The van der Waals surface area contributed by atoms with Crippen molar-refractivity contribution in [2.45, 2.75) is 51.2 Å². The number of ether oxygens (including phenoxy) is 2. The van der Waals surface area contributed by atoms with Gasteiger partial charge in [-0.2, -0.15) is 0 Å². The third-order valence-electron chi connectivity index (χ3n) is 7.60. The molecule has 2 amide bonds. The monoisotopic (exact) mass is 510 g/mol. The Morgan fingerprint density at radius 3 is 2.49 bits per heavy atom. The Bertz CT molecular complexity index is 1060. The van der Waals surface area contributed by atoms with E-state index < -0.39 is 17.6 Å². The molecule has 200 valence electrons. The zero-order valence-corrected chi connectivity index (χ0v) is 21.8. The zero-order valence-electron chi connectivity index (χ0n) is 21.8. The van der Waals surface area contributed by atoms with Gasteiger partial charge in [0.05, 0.1) is 25.2 Å². The molecule has 37 heavy (non-hydrogen) atoms. The van der Waals surface area contributed by atoms with Crippen molar-refractivity contribution in [2.75, 3.05) is 39.9 Å². The highest BCUT2D eigenvalue weighted by Gasteiger charge is 2.40. The Morgan fingerprint density at radius 1 is 1.08 bits per heavy atom. The summed E-state index contributed by atoms with van der Waals surface area (Å²) in [6.07, 6.45) is 0.278. The van der Waals surface area contributed by atoms with Gasteiger partial charge in [-0.05, 0) is 60.9 Å². The van der Waals surface area contributed by atoms with Crippen LogP contribution in [-0.2, 0) is 22.4 Å². The first-order valence-corrected chi connectivity index (χ1v) is 13.1. The number of likely N-dealkylation sites (N-methyl/N-ethyl adjacent to an activating group) is 1. The van der Waals surface area contributed by atoms with Crippen LogP contribution in [0.1, 0.15) is 37.3 Å². The molecule has 0 aromatic heterocycles. The summed E-state index contributed by atoms with van der Waals surface area (Å²) in [5.41, 5.74) is 1.29. The Morgan fingerprint density at radius 2 is 1.78 bits per heavy atom. The molecule has 1 fully saturated rings. The summed E-state index contributed by atoms with van der Waals surface area (Å²) < 4.78 is 11.3. The smallest absolute Gasteiger partial charge is 0.260 e. The normalized spacial score (nSPS) is 22.4. The lowest BCUT2D eigenvalue weighted by atomic mass is 9.72. The SMILES string of the molecule is CCOc1ccc(CC(=O)N2CCC3(CC2)C[C@@H](O)[C@@H](O)Cc2ccccc2OCC(=O)N(C)C3)cc1. The summed E-state index contributed by atoms with van der Waals surface area (Å²) in [5.74, 6) is 1.25. The number of carbonyl (C=O) groups is 2. The van der Waals surface area contributed by atoms with Gasteiger partial charge in [-0.25, -0.2) is 0 Å². The summed E-state index contributed by atoms with van der Waals surface area (Å²) in [4.78, 5) is 29.4. The van der Waals surface area contributed by atoms with E-state index in [1.54, 1.807) is 18.0 Å². The van der Waals surface area contributed by atoms with Gasteiger partial charge in [-0.15, -0.1) is 0 Å². The summed E-state index contributed by atoms with van der Waals surface area (Å²) in [6.45, 7) is 3.96. The molecule has 2 aromatic rings. The molecule has 8 nitrogen and oxygen atoms in total. The van der Waals surface area contributed by atoms with Crippen molar-refractivity contribution in [1.29, 1.82) is 0 Å². The summed E-state index contributed by atoms with van der Waals surface area (Å²) in [6, 6.07) is 14.9. The molecular formula is C29H38N2O6. The van der Waals surface area contributed by atoms with E-state index in [9.17, 15) is 19.8 Å². The fourth-order valence-corrected chi connectivity index (χ4v) is 5.41. The van der Waals surface area contributed by atoms with Crippen LogP contribution in [0.4, 0.5) is 0 Å². The maximum Gasteiger partial charge on any atom is 0.260 e. The molecule has 8 heteroatoms. The molecule has 2 aromatic carbocycles. The predicted octanol–water partition coefficient (Wildman–Crippen LogP) is 2.44. The van der Waals surface area contributed by atoms with Crippen molar-refractivity contribution in [1.82, 2.24) is 9.80 Å². The van der Waals surface area contributed by atoms with Crippen LogP contribution < -0.4 is 9.47 Å². The van der Waals surface area contributed by atoms with Crippen LogP contribution in [0, 0.1) is 5.41 Å². The van der Waals surface area contributed by atoms with Crippen LogP contribution in [-0.4, -0.2) is 83.9 Å². The highest BCUT2D eigenvalue weighted by atomic mass is 16.5. The summed E-state index contributed by atoms with van der Waals surface area (Å²) in [5, 5.41) is 21.8. The molecule has 2 aliphatic rings. The fourth-order valence-electron chi connectivity index (χ4n) is 5.41. The summed E-state index contributed by atoms with van der Waals surface area (Å²) in [7, 11) is 1.75. The molecule has 0 bridgehead atoms. The van der Waals surface area contributed by atoms with E-state index in [1.807, 2.05) is 54.3 Å².